The van der Waals surface area contributed by atoms with E-state index in [0.29, 0.717) is 22.9 Å². The number of H-pyrrole nitrogens is 1. The highest BCUT2D eigenvalue weighted by Gasteiger charge is 2.30. The van der Waals surface area contributed by atoms with E-state index < -0.39 is 17.3 Å². The van der Waals surface area contributed by atoms with Crippen LogP contribution in [0.1, 0.15) is 48.9 Å². The molecule has 0 atom stereocenters. The molecule has 2 heterocycles. The summed E-state index contributed by atoms with van der Waals surface area (Å²) in [6.07, 6.45) is -0.936. The van der Waals surface area contributed by atoms with Gasteiger partial charge in [0.1, 0.15) is 16.4 Å². The van der Waals surface area contributed by atoms with E-state index in [0.717, 1.165) is 52.0 Å². The normalized spacial score (nSPS) is 12.2. The molecule has 0 bridgehead atoms. The van der Waals surface area contributed by atoms with Crippen LogP contribution in [0.2, 0.25) is 0 Å². The zero-order valence-electron chi connectivity index (χ0n) is 21.2. The summed E-state index contributed by atoms with van der Waals surface area (Å²) >= 11 is 1.49. The Kier molecular flexibility index (Phi) is 7.64. The number of thiazole rings is 1. The number of hydrogen-bond acceptors (Lipinski definition) is 5. The SMILES string of the molecule is Cc1nc(-c2ccc(C(F)(F)F)cc2)sc1CCCOc1cccc2[nH]cc(CC(=O)OC(C)(C)C)c12. The number of benzene rings is 2. The Hall–Kier alpha value is -3.33. The molecule has 0 aliphatic rings. The molecule has 0 amide bonds. The molecule has 2 aromatic carbocycles. The minimum atomic E-state index is -4.36. The molecule has 9 heteroatoms. The Morgan fingerprint density at radius 2 is 1.81 bits per heavy atom. The fraction of sp³-hybridized carbons (Fsp3) is 0.357. The van der Waals surface area contributed by atoms with Gasteiger partial charge in [0.25, 0.3) is 0 Å². The molecule has 37 heavy (non-hydrogen) atoms. The molecule has 4 aromatic rings. The molecule has 0 unspecified atom stereocenters. The maximum absolute atomic E-state index is 12.8. The molecule has 1 N–H and O–H groups in total. The highest BCUT2D eigenvalue weighted by molar-refractivity contribution is 7.15. The summed E-state index contributed by atoms with van der Waals surface area (Å²) in [5.74, 6) is 0.400. The molecule has 0 saturated heterocycles. The number of esters is 1. The summed E-state index contributed by atoms with van der Waals surface area (Å²) in [4.78, 5) is 21.2. The van der Waals surface area contributed by atoms with E-state index in [4.69, 9.17) is 9.47 Å². The van der Waals surface area contributed by atoms with Gasteiger partial charge >= 0.3 is 12.1 Å². The van der Waals surface area contributed by atoms with Crippen molar-refractivity contribution in [1.29, 1.82) is 0 Å². The molecule has 0 radical (unpaired) electrons. The number of halogens is 3. The quantitative estimate of drug-likeness (QED) is 0.189. The van der Waals surface area contributed by atoms with Crippen LogP contribution < -0.4 is 4.74 Å². The summed E-state index contributed by atoms with van der Waals surface area (Å²) in [6.45, 7) is 7.89. The van der Waals surface area contributed by atoms with Crippen molar-refractivity contribution in [3.63, 3.8) is 0 Å². The first kappa shape index (κ1) is 26.7. The van der Waals surface area contributed by atoms with Crippen LogP contribution in [0.15, 0.2) is 48.7 Å². The van der Waals surface area contributed by atoms with Crippen molar-refractivity contribution in [2.45, 2.75) is 58.7 Å². The van der Waals surface area contributed by atoms with E-state index in [1.807, 2.05) is 52.1 Å². The minimum Gasteiger partial charge on any atom is -0.493 e. The van der Waals surface area contributed by atoms with Gasteiger partial charge in [0.15, 0.2) is 0 Å². The zero-order chi connectivity index (χ0) is 26.8. The van der Waals surface area contributed by atoms with E-state index in [1.165, 1.54) is 23.5 Å². The molecule has 2 aromatic heterocycles. The molecule has 0 aliphatic carbocycles. The average Bonchev–Trinajstić information content (AvgIpc) is 3.39. The largest absolute Gasteiger partial charge is 0.493 e. The fourth-order valence-electron chi connectivity index (χ4n) is 4.01. The number of carbonyl (C=O) groups is 1. The maximum atomic E-state index is 12.8. The number of nitrogens with zero attached hydrogens (tertiary/aromatic N) is 1. The van der Waals surface area contributed by atoms with Gasteiger partial charge < -0.3 is 14.5 Å². The monoisotopic (exact) mass is 530 g/mol. The third kappa shape index (κ3) is 6.71. The fourth-order valence-corrected chi connectivity index (χ4v) is 5.12. The second kappa shape index (κ2) is 10.6. The van der Waals surface area contributed by atoms with Gasteiger partial charge in [-0.15, -0.1) is 11.3 Å². The predicted octanol–water partition coefficient (Wildman–Crippen LogP) is 7.51. The summed E-state index contributed by atoms with van der Waals surface area (Å²) in [7, 11) is 0. The van der Waals surface area contributed by atoms with E-state index in [2.05, 4.69) is 9.97 Å². The third-order valence-corrected chi connectivity index (χ3v) is 6.93. The number of hydrogen-bond donors (Lipinski definition) is 1. The van der Waals surface area contributed by atoms with Gasteiger partial charge in [-0.05, 0) is 70.4 Å². The molecule has 0 saturated carbocycles. The van der Waals surface area contributed by atoms with Crippen molar-refractivity contribution in [2.24, 2.45) is 0 Å². The number of fused-ring (bicyclic) bond motifs is 1. The van der Waals surface area contributed by atoms with E-state index in [1.54, 1.807) is 0 Å². The Balaban J connectivity index is 1.38. The maximum Gasteiger partial charge on any atom is 0.416 e. The van der Waals surface area contributed by atoms with Crippen molar-refractivity contribution < 1.29 is 27.4 Å². The van der Waals surface area contributed by atoms with Gasteiger partial charge in [-0.3, -0.25) is 4.79 Å². The van der Waals surface area contributed by atoms with Crippen molar-refractivity contribution in [3.05, 3.63) is 70.4 Å². The third-order valence-electron chi connectivity index (χ3n) is 5.66. The summed E-state index contributed by atoms with van der Waals surface area (Å²) < 4.78 is 50.1. The molecule has 0 spiro atoms. The van der Waals surface area contributed by atoms with Gasteiger partial charge in [-0.1, -0.05) is 18.2 Å². The first-order chi connectivity index (χ1) is 17.4. The van der Waals surface area contributed by atoms with Crippen LogP contribution in [-0.2, 0) is 28.5 Å². The van der Waals surface area contributed by atoms with Crippen LogP contribution in [0.4, 0.5) is 13.2 Å². The summed E-state index contributed by atoms with van der Waals surface area (Å²) in [6, 6.07) is 10.8. The minimum absolute atomic E-state index is 0.143. The zero-order valence-corrected chi connectivity index (χ0v) is 22.0. The molecular weight excluding hydrogens is 501 g/mol. The van der Waals surface area contributed by atoms with Crippen LogP contribution in [-0.4, -0.2) is 28.1 Å². The summed E-state index contributed by atoms with van der Waals surface area (Å²) in [5.41, 5.74) is 2.01. The van der Waals surface area contributed by atoms with Gasteiger partial charge in [0.05, 0.1) is 24.3 Å². The van der Waals surface area contributed by atoms with Gasteiger partial charge in [0, 0.05) is 27.5 Å². The highest BCUT2D eigenvalue weighted by atomic mass is 32.1. The lowest BCUT2D eigenvalue weighted by molar-refractivity contribution is -0.153. The number of nitrogens with one attached hydrogen (secondary N) is 1. The van der Waals surface area contributed by atoms with Crippen LogP contribution in [0.25, 0.3) is 21.5 Å². The summed E-state index contributed by atoms with van der Waals surface area (Å²) in [5, 5.41) is 1.57. The lowest BCUT2D eigenvalue weighted by Crippen LogP contribution is -2.24. The average molecular weight is 531 g/mol. The number of rotatable bonds is 8. The lowest BCUT2D eigenvalue weighted by atomic mass is 10.1. The first-order valence-corrected chi connectivity index (χ1v) is 12.8. The van der Waals surface area contributed by atoms with Crippen molar-refractivity contribution in [1.82, 2.24) is 9.97 Å². The van der Waals surface area contributed by atoms with Crippen molar-refractivity contribution in [2.75, 3.05) is 6.61 Å². The standard InChI is InChI=1S/C28H29F3N2O3S/c1-17-23(37-26(33-17)18-10-12-20(13-11-18)28(29,30)31)9-6-14-35-22-8-5-7-21-25(22)19(16-32-21)15-24(34)36-27(2,3)4/h5,7-8,10-13,16,32H,6,9,14-15H2,1-4H3. The highest BCUT2D eigenvalue weighted by Crippen LogP contribution is 2.34. The topological polar surface area (TPSA) is 64.2 Å². The van der Waals surface area contributed by atoms with Crippen molar-refractivity contribution >= 4 is 28.2 Å². The first-order valence-electron chi connectivity index (χ1n) is 12.0. The van der Waals surface area contributed by atoms with Gasteiger partial charge in [-0.25, -0.2) is 4.98 Å². The van der Waals surface area contributed by atoms with Crippen LogP contribution >= 0.6 is 11.3 Å². The molecule has 5 nitrogen and oxygen atoms in total. The number of carbonyl (C=O) groups excluding carboxylic acids is 1. The number of alkyl halides is 3. The second-order valence-corrected chi connectivity index (χ2v) is 10.9. The van der Waals surface area contributed by atoms with Gasteiger partial charge in [-0.2, -0.15) is 13.2 Å². The number of aromatic amines is 1. The number of ether oxygens (including phenoxy) is 2. The molecular formula is C28H29F3N2O3S. The molecule has 0 aliphatic heterocycles. The van der Waals surface area contributed by atoms with E-state index >= 15 is 0 Å². The Morgan fingerprint density at radius 3 is 2.49 bits per heavy atom. The Bertz CT molecular complexity index is 1380. The number of aryl methyl sites for hydroxylation is 2. The molecule has 196 valence electrons. The lowest BCUT2D eigenvalue weighted by Gasteiger charge is -2.19. The number of aromatic nitrogens is 2. The van der Waals surface area contributed by atoms with Gasteiger partial charge in [0.2, 0.25) is 0 Å². The smallest absolute Gasteiger partial charge is 0.416 e. The van der Waals surface area contributed by atoms with E-state index in [-0.39, 0.29) is 12.4 Å². The Morgan fingerprint density at radius 1 is 1.08 bits per heavy atom. The molecule has 4 rings (SSSR count). The predicted molar refractivity (Wildman–Crippen MR) is 139 cm³/mol. The van der Waals surface area contributed by atoms with Crippen LogP contribution in [0, 0.1) is 6.92 Å². The van der Waals surface area contributed by atoms with Crippen molar-refractivity contribution in [3.8, 4) is 16.3 Å². The second-order valence-electron chi connectivity index (χ2n) is 9.81. The van der Waals surface area contributed by atoms with Crippen LogP contribution in [0.3, 0.4) is 0 Å². The van der Waals surface area contributed by atoms with E-state index in [9.17, 15) is 18.0 Å². The Labute approximate surface area is 217 Å². The van der Waals surface area contributed by atoms with Crippen LogP contribution in [0.5, 0.6) is 5.75 Å². The molecule has 0 fully saturated rings.